The highest BCUT2D eigenvalue weighted by molar-refractivity contribution is 4.86. The summed E-state index contributed by atoms with van der Waals surface area (Å²) in [5.41, 5.74) is 0.406. The highest BCUT2D eigenvalue weighted by Gasteiger charge is 2.37. The molecule has 0 unspecified atom stereocenters. The van der Waals surface area contributed by atoms with Crippen molar-refractivity contribution in [3.8, 4) is 0 Å². The van der Waals surface area contributed by atoms with Crippen LogP contribution in [0.1, 0.15) is 54.4 Å². The first-order valence-electron chi connectivity index (χ1n) is 6.38. The fourth-order valence-corrected chi connectivity index (χ4v) is 1.58. The van der Waals surface area contributed by atoms with Crippen LogP contribution in [0.2, 0.25) is 0 Å². The first-order chi connectivity index (χ1) is 7.16. The maximum absolute atomic E-state index is 6.18. The van der Waals surface area contributed by atoms with E-state index >= 15 is 0 Å². The molecule has 1 saturated heterocycles. The van der Waals surface area contributed by atoms with Crippen molar-refractivity contribution in [3.63, 3.8) is 0 Å². The lowest BCUT2D eigenvalue weighted by molar-refractivity contribution is -0.132. The molecule has 0 aromatic rings. The standard InChI is InChI=1S/C14H28O2/c1-12(2,3)13(4,5)16-11-14(6)7-9-15-10-8-14/h7-11H2,1-6H3. The molecule has 1 heterocycles. The molecule has 96 valence electrons. The van der Waals surface area contributed by atoms with E-state index in [1.54, 1.807) is 0 Å². The zero-order valence-electron chi connectivity index (χ0n) is 11.9. The number of rotatable bonds is 3. The van der Waals surface area contributed by atoms with Gasteiger partial charge in [0, 0.05) is 13.2 Å². The van der Waals surface area contributed by atoms with Crippen LogP contribution in [-0.2, 0) is 9.47 Å². The highest BCUT2D eigenvalue weighted by Crippen LogP contribution is 2.37. The monoisotopic (exact) mass is 228 g/mol. The average Bonchev–Trinajstić information content (AvgIpc) is 2.15. The third-order valence-corrected chi connectivity index (χ3v) is 4.29. The summed E-state index contributed by atoms with van der Waals surface area (Å²) in [4.78, 5) is 0. The minimum atomic E-state index is -0.0751. The Morgan fingerprint density at radius 1 is 1.06 bits per heavy atom. The van der Waals surface area contributed by atoms with Crippen molar-refractivity contribution in [1.82, 2.24) is 0 Å². The zero-order chi connectivity index (χ0) is 12.4. The van der Waals surface area contributed by atoms with Gasteiger partial charge in [-0.25, -0.2) is 0 Å². The molecule has 0 aromatic heterocycles. The largest absolute Gasteiger partial charge is 0.381 e. The van der Waals surface area contributed by atoms with Gasteiger partial charge in [-0.1, -0.05) is 27.7 Å². The van der Waals surface area contributed by atoms with Gasteiger partial charge in [-0.05, 0) is 37.5 Å². The van der Waals surface area contributed by atoms with E-state index < -0.39 is 0 Å². The molecule has 1 fully saturated rings. The van der Waals surface area contributed by atoms with Crippen LogP contribution in [0.15, 0.2) is 0 Å². The van der Waals surface area contributed by atoms with Crippen LogP contribution in [0.25, 0.3) is 0 Å². The second kappa shape index (κ2) is 4.66. The Morgan fingerprint density at radius 3 is 2.00 bits per heavy atom. The van der Waals surface area contributed by atoms with E-state index in [2.05, 4.69) is 41.5 Å². The Morgan fingerprint density at radius 2 is 1.56 bits per heavy atom. The second-order valence-electron chi connectivity index (χ2n) is 6.97. The van der Waals surface area contributed by atoms with Gasteiger partial charge in [0.05, 0.1) is 12.2 Å². The number of hydrogen-bond donors (Lipinski definition) is 0. The summed E-state index contributed by atoms with van der Waals surface area (Å²) < 4.78 is 11.6. The molecule has 1 aliphatic heterocycles. The molecular formula is C14H28O2. The van der Waals surface area contributed by atoms with Crippen molar-refractivity contribution in [2.24, 2.45) is 10.8 Å². The number of ether oxygens (including phenoxy) is 2. The van der Waals surface area contributed by atoms with Crippen LogP contribution in [0.3, 0.4) is 0 Å². The summed E-state index contributed by atoms with van der Waals surface area (Å²) in [7, 11) is 0. The van der Waals surface area contributed by atoms with Gasteiger partial charge in [-0.15, -0.1) is 0 Å². The molecule has 16 heavy (non-hydrogen) atoms. The Kier molecular flexibility index (Phi) is 4.07. The molecule has 1 aliphatic rings. The Bertz CT molecular complexity index is 219. The predicted octanol–water partition coefficient (Wildman–Crippen LogP) is 3.64. The molecule has 0 N–H and O–H groups in total. The van der Waals surface area contributed by atoms with E-state index in [4.69, 9.17) is 9.47 Å². The second-order valence-corrected chi connectivity index (χ2v) is 6.97. The molecule has 0 bridgehead atoms. The van der Waals surface area contributed by atoms with E-state index in [1.165, 1.54) is 0 Å². The Hall–Kier alpha value is -0.0800. The van der Waals surface area contributed by atoms with Crippen molar-refractivity contribution < 1.29 is 9.47 Å². The predicted molar refractivity (Wildman–Crippen MR) is 67.6 cm³/mol. The summed E-state index contributed by atoms with van der Waals surface area (Å²) in [6, 6.07) is 0. The summed E-state index contributed by atoms with van der Waals surface area (Å²) in [5.74, 6) is 0. The molecule has 0 amide bonds. The third kappa shape index (κ3) is 3.46. The smallest absolute Gasteiger partial charge is 0.0674 e. The lowest BCUT2D eigenvalue weighted by Crippen LogP contribution is -2.43. The summed E-state index contributed by atoms with van der Waals surface area (Å²) >= 11 is 0. The maximum atomic E-state index is 6.18. The Balaban J connectivity index is 2.50. The minimum absolute atomic E-state index is 0.0751. The summed E-state index contributed by atoms with van der Waals surface area (Å²) in [6.45, 7) is 16.0. The number of hydrogen-bond acceptors (Lipinski definition) is 2. The Labute approximate surface area is 101 Å². The van der Waals surface area contributed by atoms with Gasteiger partial charge in [0.2, 0.25) is 0 Å². The van der Waals surface area contributed by atoms with Crippen LogP contribution in [-0.4, -0.2) is 25.4 Å². The third-order valence-electron chi connectivity index (χ3n) is 4.29. The molecule has 2 nitrogen and oxygen atoms in total. The van der Waals surface area contributed by atoms with Gasteiger partial charge in [0.15, 0.2) is 0 Å². The van der Waals surface area contributed by atoms with Gasteiger partial charge >= 0.3 is 0 Å². The van der Waals surface area contributed by atoms with Crippen LogP contribution in [0, 0.1) is 10.8 Å². The van der Waals surface area contributed by atoms with Crippen LogP contribution in [0.5, 0.6) is 0 Å². The van der Waals surface area contributed by atoms with E-state index in [0.29, 0.717) is 5.41 Å². The fourth-order valence-electron chi connectivity index (χ4n) is 1.58. The molecular weight excluding hydrogens is 200 g/mol. The lowest BCUT2D eigenvalue weighted by Gasteiger charge is -2.42. The molecule has 1 rings (SSSR count). The van der Waals surface area contributed by atoms with Crippen molar-refractivity contribution in [3.05, 3.63) is 0 Å². The van der Waals surface area contributed by atoms with Crippen molar-refractivity contribution in [2.45, 2.75) is 60.0 Å². The summed E-state index contributed by atoms with van der Waals surface area (Å²) in [6.07, 6.45) is 2.24. The van der Waals surface area contributed by atoms with Crippen LogP contribution >= 0.6 is 0 Å². The molecule has 0 aromatic carbocycles. The molecule has 0 spiro atoms. The maximum Gasteiger partial charge on any atom is 0.0674 e. The van der Waals surface area contributed by atoms with Gasteiger partial charge < -0.3 is 9.47 Å². The first kappa shape index (κ1) is 14.0. The molecule has 0 aliphatic carbocycles. The highest BCUT2D eigenvalue weighted by atomic mass is 16.5. The zero-order valence-corrected chi connectivity index (χ0v) is 11.9. The topological polar surface area (TPSA) is 18.5 Å². The molecule has 0 saturated carbocycles. The van der Waals surface area contributed by atoms with Gasteiger partial charge in [0.1, 0.15) is 0 Å². The summed E-state index contributed by atoms with van der Waals surface area (Å²) in [5, 5.41) is 0. The van der Waals surface area contributed by atoms with Gasteiger partial charge in [-0.3, -0.25) is 0 Å². The van der Waals surface area contributed by atoms with Crippen LogP contribution < -0.4 is 0 Å². The van der Waals surface area contributed by atoms with Crippen molar-refractivity contribution in [2.75, 3.05) is 19.8 Å². The molecule has 0 atom stereocenters. The van der Waals surface area contributed by atoms with E-state index in [1.807, 2.05) is 0 Å². The lowest BCUT2D eigenvalue weighted by atomic mass is 9.78. The SMILES string of the molecule is CC1(COC(C)(C)C(C)(C)C)CCOCC1. The van der Waals surface area contributed by atoms with Gasteiger partial charge in [0.25, 0.3) is 0 Å². The van der Waals surface area contributed by atoms with E-state index in [9.17, 15) is 0 Å². The van der Waals surface area contributed by atoms with Crippen molar-refractivity contribution >= 4 is 0 Å². The normalized spacial score (nSPS) is 22.1. The van der Waals surface area contributed by atoms with E-state index in [0.717, 1.165) is 32.7 Å². The fraction of sp³-hybridized carbons (Fsp3) is 1.00. The molecule has 2 heteroatoms. The van der Waals surface area contributed by atoms with Gasteiger partial charge in [-0.2, -0.15) is 0 Å². The first-order valence-corrected chi connectivity index (χ1v) is 6.38. The van der Waals surface area contributed by atoms with Crippen molar-refractivity contribution in [1.29, 1.82) is 0 Å². The minimum Gasteiger partial charge on any atom is -0.381 e. The van der Waals surface area contributed by atoms with Crippen LogP contribution in [0.4, 0.5) is 0 Å². The average molecular weight is 228 g/mol. The van der Waals surface area contributed by atoms with E-state index in [-0.39, 0.29) is 11.0 Å². The quantitative estimate of drug-likeness (QED) is 0.734. The molecule has 0 radical (unpaired) electrons.